The molecule has 7 heteroatoms. The van der Waals surface area contributed by atoms with Crippen LogP contribution < -0.4 is 10.1 Å². The van der Waals surface area contributed by atoms with Gasteiger partial charge in [-0.1, -0.05) is 11.6 Å². The van der Waals surface area contributed by atoms with E-state index in [1.807, 2.05) is 0 Å². The molecule has 0 aliphatic carbocycles. The molecule has 1 aromatic carbocycles. The minimum Gasteiger partial charge on any atom is -0.481 e. The highest BCUT2D eigenvalue weighted by atomic mass is 35.5. The van der Waals surface area contributed by atoms with Gasteiger partial charge in [0.25, 0.3) is 5.91 Å². The molecule has 0 saturated heterocycles. The van der Waals surface area contributed by atoms with Gasteiger partial charge in [0.1, 0.15) is 12.1 Å². The lowest BCUT2D eigenvalue weighted by molar-refractivity contribution is -0.122. The molecule has 1 heterocycles. The Balaban J connectivity index is 1.93. The van der Waals surface area contributed by atoms with Crippen molar-refractivity contribution in [1.29, 1.82) is 0 Å². The van der Waals surface area contributed by atoms with Crippen molar-refractivity contribution in [2.45, 2.75) is 13.0 Å². The predicted molar refractivity (Wildman–Crippen MR) is 66.6 cm³/mol. The van der Waals surface area contributed by atoms with Crippen LogP contribution in [0.2, 0.25) is 5.02 Å². The average Bonchev–Trinajstić information content (AvgIpc) is 2.85. The van der Waals surface area contributed by atoms with E-state index in [0.717, 1.165) is 0 Å². The third-order valence-electron chi connectivity index (χ3n) is 2.15. The molecule has 94 valence electrons. The normalized spacial score (nSPS) is 11.9. The largest absolute Gasteiger partial charge is 0.481 e. The number of nitrogens with one attached hydrogen (secondary N) is 2. The van der Waals surface area contributed by atoms with Crippen LogP contribution in [0.15, 0.2) is 30.6 Å². The van der Waals surface area contributed by atoms with E-state index in [9.17, 15) is 4.79 Å². The monoisotopic (exact) mass is 266 g/mol. The van der Waals surface area contributed by atoms with E-state index in [-0.39, 0.29) is 11.9 Å². The van der Waals surface area contributed by atoms with Crippen molar-refractivity contribution in [3.8, 4) is 5.75 Å². The third kappa shape index (κ3) is 3.21. The van der Waals surface area contributed by atoms with Gasteiger partial charge in [0.05, 0.1) is 0 Å². The van der Waals surface area contributed by atoms with E-state index in [1.54, 1.807) is 31.2 Å². The zero-order valence-corrected chi connectivity index (χ0v) is 10.3. The second-order valence-electron chi connectivity index (χ2n) is 3.54. The van der Waals surface area contributed by atoms with Gasteiger partial charge < -0.3 is 4.74 Å². The number of ether oxygens (including phenoxy) is 1. The number of carbonyl (C=O) groups is 1. The fourth-order valence-corrected chi connectivity index (χ4v) is 1.38. The van der Waals surface area contributed by atoms with Crippen molar-refractivity contribution < 1.29 is 9.53 Å². The van der Waals surface area contributed by atoms with Crippen LogP contribution in [0.5, 0.6) is 5.75 Å². The van der Waals surface area contributed by atoms with Crippen molar-refractivity contribution in [3.05, 3.63) is 35.6 Å². The number of anilines is 1. The summed E-state index contributed by atoms with van der Waals surface area (Å²) in [6.07, 6.45) is 0.650. The van der Waals surface area contributed by atoms with Crippen LogP contribution in [0.1, 0.15) is 6.92 Å². The van der Waals surface area contributed by atoms with Crippen molar-refractivity contribution >= 4 is 23.5 Å². The molecular formula is C11H11ClN4O2. The molecule has 0 aliphatic rings. The molecule has 0 aliphatic heterocycles. The number of hydrogen-bond donors (Lipinski definition) is 2. The summed E-state index contributed by atoms with van der Waals surface area (Å²) in [6.45, 7) is 1.64. The number of nitrogens with zero attached hydrogens (tertiary/aromatic N) is 2. The fourth-order valence-electron chi connectivity index (χ4n) is 1.25. The molecule has 6 nitrogen and oxygen atoms in total. The Labute approximate surface area is 108 Å². The number of carbonyl (C=O) groups excluding carboxylic acids is 1. The minimum absolute atomic E-state index is 0.284. The Bertz CT molecular complexity index is 512. The maximum Gasteiger partial charge on any atom is 0.267 e. The Hall–Kier alpha value is -2.08. The number of rotatable bonds is 4. The number of benzene rings is 1. The number of halogens is 1. The van der Waals surface area contributed by atoms with Gasteiger partial charge in [-0.15, -0.1) is 0 Å². The molecule has 1 atom stereocenters. The molecule has 2 N–H and O–H groups in total. The van der Waals surface area contributed by atoms with Gasteiger partial charge in [-0.2, -0.15) is 10.1 Å². The van der Waals surface area contributed by atoms with E-state index in [1.165, 1.54) is 6.33 Å². The van der Waals surface area contributed by atoms with E-state index in [2.05, 4.69) is 20.5 Å². The van der Waals surface area contributed by atoms with Gasteiger partial charge in [-0.05, 0) is 31.2 Å². The first-order chi connectivity index (χ1) is 8.65. The van der Waals surface area contributed by atoms with Crippen LogP contribution in [0.25, 0.3) is 0 Å². The van der Waals surface area contributed by atoms with Crippen molar-refractivity contribution in [2.75, 3.05) is 5.32 Å². The average molecular weight is 267 g/mol. The molecule has 2 rings (SSSR count). The van der Waals surface area contributed by atoms with E-state index in [0.29, 0.717) is 10.8 Å². The smallest absolute Gasteiger partial charge is 0.267 e. The van der Waals surface area contributed by atoms with Crippen LogP contribution >= 0.6 is 11.6 Å². The summed E-state index contributed by atoms with van der Waals surface area (Å²) in [5, 5.41) is 9.30. The standard InChI is InChI=1S/C11H11ClN4O2/c1-7(10(17)15-11-13-6-14-16-11)18-9-4-2-8(12)3-5-9/h2-7H,1H3,(H2,13,14,15,16,17)/t7-/m0/s1. The summed E-state index contributed by atoms with van der Waals surface area (Å²) in [5.41, 5.74) is 0. The first-order valence-electron chi connectivity index (χ1n) is 5.23. The zero-order chi connectivity index (χ0) is 13.0. The lowest BCUT2D eigenvalue weighted by atomic mass is 10.3. The van der Waals surface area contributed by atoms with Crippen LogP contribution in [0, 0.1) is 0 Å². The quantitative estimate of drug-likeness (QED) is 0.885. The Morgan fingerprint density at radius 3 is 2.78 bits per heavy atom. The van der Waals surface area contributed by atoms with Gasteiger partial charge in [0, 0.05) is 5.02 Å². The molecule has 1 aromatic heterocycles. The van der Waals surface area contributed by atoms with Gasteiger partial charge >= 0.3 is 0 Å². The minimum atomic E-state index is -0.656. The maximum atomic E-state index is 11.7. The lowest BCUT2D eigenvalue weighted by Gasteiger charge is -2.13. The SMILES string of the molecule is C[C@H](Oc1ccc(Cl)cc1)C(=O)Nc1ncn[nH]1. The van der Waals surface area contributed by atoms with Crippen LogP contribution in [0.4, 0.5) is 5.95 Å². The fraction of sp³-hybridized carbons (Fsp3) is 0.182. The number of aromatic amines is 1. The van der Waals surface area contributed by atoms with Crippen LogP contribution in [0.3, 0.4) is 0 Å². The summed E-state index contributed by atoms with van der Waals surface area (Å²) in [5.74, 6) is 0.535. The third-order valence-corrected chi connectivity index (χ3v) is 2.40. The van der Waals surface area contributed by atoms with Crippen LogP contribution in [-0.4, -0.2) is 27.2 Å². The Kier molecular flexibility index (Phi) is 3.78. The van der Waals surface area contributed by atoms with Gasteiger partial charge in [-0.25, -0.2) is 5.10 Å². The number of H-pyrrole nitrogens is 1. The highest BCUT2D eigenvalue weighted by Crippen LogP contribution is 2.17. The summed E-state index contributed by atoms with van der Waals surface area (Å²) in [4.78, 5) is 15.5. The summed E-state index contributed by atoms with van der Waals surface area (Å²) < 4.78 is 5.45. The summed E-state index contributed by atoms with van der Waals surface area (Å²) in [6, 6.07) is 6.77. The lowest BCUT2D eigenvalue weighted by Crippen LogP contribution is -2.30. The van der Waals surface area contributed by atoms with Gasteiger partial charge in [-0.3, -0.25) is 10.1 Å². The van der Waals surface area contributed by atoms with Gasteiger partial charge in [0.2, 0.25) is 5.95 Å². The molecule has 0 bridgehead atoms. The van der Waals surface area contributed by atoms with E-state index >= 15 is 0 Å². The second-order valence-corrected chi connectivity index (χ2v) is 3.97. The Morgan fingerprint density at radius 1 is 1.44 bits per heavy atom. The second kappa shape index (κ2) is 5.50. The van der Waals surface area contributed by atoms with Crippen molar-refractivity contribution in [2.24, 2.45) is 0 Å². The number of aromatic nitrogens is 3. The Morgan fingerprint density at radius 2 is 2.17 bits per heavy atom. The molecular weight excluding hydrogens is 256 g/mol. The maximum absolute atomic E-state index is 11.7. The molecule has 2 aromatic rings. The number of hydrogen-bond acceptors (Lipinski definition) is 4. The molecule has 0 unspecified atom stereocenters. The number of amides is 1. The molecule has 18 heavy (non-hydrogen) atoms. The topological polar surface area (TPSA) is 79.9 Å². The van der Waals surface area contributed by atoms with Gasteiger partial charge in [0.15, 0.2) is 6.10 Å². The highest BCUT2D eigenvalue weighted by Gasteiger charge is 2.15. The van der Waals surface area contributed by atoms with E-state index in [4.69, 9.17) is 16.3 Å². The highest BCUT2D eigenvalue weighted by molar-refractivity contribution is 6.30. The van der Waals surface area contributed by atoms with Crippen molar-refractivity contribution in [1.82, 2.24) is 15.2 Å². The molecule has 0 spiro atoms. The molecule has 0 radical (unpaired) electrons. The predicted octanol–water partition coefficient (Wildman–Crippen LogP) is 1.86. The summed E-state index contributed by atoms with van der Waals surface area (Å²) in [7, 11) is 0. The molecule has 0 fully saturated rings. The molecule has 0 saturated carbocycles. The van der Waals surface area contributed by atoms with Crippen molar-refractivity contribution in [3.63, 3.8) is 0 Å². The zero-order valence-electron chi connectivity index (χ0n) is 9.55. The van der Waals surface area contributed by atoms with E-state index < -0.39 is 6.10 Å². The van der Waals surface area contributed by atoms with Crippen LogP contribution in [-0.2, 0) is 4.79 Å². The first-order valence-corrected chi connectivity index (χ1v) is 5.61. The molecule has 1 amide bonds. The first kappa shape index (κ1) is 12.4. The summed E-state index contributed by atoms with van der Waals surface area (Å²) >= 11 is 5.75.